The van der Waals surface area contributed by atoms with Crippen LogP contribution < -0.4 is 49.1 Å². The van der Waals surface area contributed by atoms with E-state index in [9.17, 15) is 41.9 Å². The summed E-state index contributed by atoms with van der Waals surface area (Å²) in [5.74, 6) is -4.12. The second-order valence-electron chi connectivity index (χ2n) is 19.9. The van der Waals surface area contributed by atoms with Gasteiger partial charge >= 0.3 is 12.1 Å². The fourth-order valence-corrected chi connectivity index (χ4v) is 8.63. The molecule has 6 aromatic rings. The summed E-state index contributed by atoms with van der Waals surface area (Å²) in [5, 5.41) is 24.7. The molecule has 0 spiro atoms. The molecule has 20 heteroatoms. The van der Waals surface area contributed by atoms with Gasteiger partial charge in [-0.1, -0.05) is 127 Å². The van der Waals surface area contributed by atoms with E-state index < -0.39 is 30.3 Å². The van der Waals surface area contributed by atoms with E-state index >= 15 is 0 Å². The van der Waals surface area contributed by atoms with Gasteiger partial charge in [-0.15, -0.1) is 0 Å². The number of carbonyl (C=O) groups is 7. The van der Waals surface area contributed by atoms with Crippen molar-refractivity contribution in [2.45, 2.75) is 107 Å². The van der Waals surface area contributed by atoms with Crippen molar-refractivity contribution in [3.8, 4) is 0 Å². The summed E-state index contributed by atoms with van der Waals surface area (Å²) in [5.41, 5.74) is 26.2. The Morgan fingerprint density at radius 3 is 0.855 bits per heavy atom. The molecule has 17 nitrogen and oxygen atoms in total. The molecule has 0 fully saturated rings. The van der Waals surface area contributed by atoms with Gasteiger partial charge in [0.2, 0.25) is 35.4 Å². The molecule has 0 aromatic heterocycles. The lowest BCUT2D eigenvalue weighted by molar-refractivity contribution is -0.192. The zero-order chi connectivity index (χ0) is 60.0. The highest BCUT2D eigenvalue weighted by Crippen LogP contribution is 2.34. The van der Waals surface area contributed by atoms with Crippen LogP contribution >= 0.6 is 0 Å². The number of anilines is 3. The summed E-state index contributed by atoms with van der Waals surface area (Å²) in [6.45, 7) is 1.50. The normalized spacial score (nSPS) is 12.1. The lowest BCUT2D eigenvalue weighted by atomic mass is 9.85. The third-order valence-electron chi connectivity index (χ3n) is 13.2. The van der Waals surface area contributed by atoms with E-state index in [2.05, 4.69) is 31.9 Å². The predicted octanol–water partition coefficient (Wildman–Crippen LogP) is 7.89. The summed E-state index contributed by atoms with van der Waals surface area (Å²) >= 11 is 0. The minimum absolute atomic E-state index is 0.0484. The van der Waals surface area contributed by atoms with Crippen LogP contribution in [0.5, 0.6) is 0 Å². The SMILES string of the molecule is N[C@H](CCCCNC(=O)Cc1ccccc1)C(=O)Nc1ccc(C(c2ccc(NC(=O)[C@H](N)CCCCNC(=O)Cc3ccccc3)cc2)c2ccc(NC(=O)[C@H](N)CCCCNC(=O)Cc3ccccc3)cc2)cc1.O=C(O)C(F)(F)F. The van der Waals surface area contributed by atoms with Gasteiger partial charge in [0.15, 0.2) is 0 Å². The van der Waals surface area contributed by atoms with Crippen LogP contribution in [0.25, 0.3) is 0 Å². The molecule has 6 aromatic carbocycles. The van der Waals surface area contributed by atoms with Crippen LogP contribution in [0.4, 0.5) is 30.2 Å². The van der Waals surface area contributed by atoms with Crippen LogP contribution in [0.2, 0.25) is 0 Å². The Hall–Kier alpha value is -8.72. The molecule has 0 aliphatic carbocycles. The second-order valence-corrected chi connectivity index (χ2v) is 19.9. The minimum atomic E-state index is -5.08. The molecule has 440 valence electrons. The summed E-state index contributed by atoms with van der Waals surface area (Å²) in [4.78, 5) is 85.3. The van der Waals surface area contributed by atoms with Crippen LogP contribution in [0.1, 0.15) is 97.1 Å². The molecule has 0 unspecified atom stereocenters. The van der Waals surface area contributed by atoms with Gasteiger partial charge in [-0.25, -0.2) is 4.79 Å². The zero-order valence-corrected chi connectivity index (χ0v) is 46.2. The standard InChI is InChI=1S/C61H73N9O6.C2HF3O2/c62-52(22-10-13-37-65-55(71)40-43-16-4-1-5-17-43)59(74)68-49-31-25-46(26-32-49)58(47-27-33-50(34-28-47)69-60(75)53(63)23-11-14-38-66-56(72)41-44-18-6-2-7-19-44)48-29-35-51(36-30-48)70-61(76)54(64)24-12-15-39-67-57(73)42-45-20-8-3-9-21-45;3-2(4,5)1(6)7/h1-9,16-21,25-36,52-54,58H,10-15,22-24,37-42,62-64H2,(H,65,71)(H,66,72)(H,67,73)(H,68,74)(H,69,75)(H,70,76);(H,6,7)/t52-,53-,54-;/m1./s1. The lowest BCUT2D eigenvalue weighted by Crippen LogP contribution is -2.35. The predicted molar refractivity (Wildman–Crippen MR) is 315 cm³/mol. The molecule has 3 atom stereocenters. The minimum Gasteiger partial charge on any atom is -0.475 e. The molecule has 0 bridgehead atoms. The van der Waals surface area contributed by atoms with E-state index in [1.807, 2.05) is 164 Å². The number of carboxylic acid groups (broad SMARTS) is 1. The first-order chi connectivity index (χ1) is 39.8. The second kappa shape index (κ2) is 34.5. The van der Waals surface area contributed by atoms with Crippen molar-refractivity contribution in [3.63, 3.8) is 0 Å². The van der Waals surface area contributed by atoms with Gasteiger partial charge in [0.05, 0.1) is 37.4 Å². The zero-order valence-electron chi connectivity index (χ0n) is 46.2. The van der Waals surface area contributed by atoms with Crippen molar-refractivity contribution in [1.29, 1.82) is 0 Å². The molecule has 6 rings (SSSR count). The molecular formula is C63H74F3N9O8. The van der Waals surface area contributed by atoms with Crippen LogP contribution in [0.3, 0.4) is 0 Å². The maximum atomic E-state index is 13.1. The van der Waals surface area contributed by atoms with Crippen molar-refractivity contribution >= 4 is 58.5 Å². The number of carboxylic acids is 1. The summed E-state index contributed by atoms with van der Waals surface area (Å²) in [6, 6.07) is 49.1. The number of aliphatic carboxylic acids is 1. The number of rotatable bonds is 30. The van der Waals surface area contributed by atoms with Crippen molar-refractivity contribution in [2.24, 2.45) is 17.2 Å². The molecule has 0 radical (unpaired) electrons. The Morgan fingerprint density at radius 1 is 0.386 bits per heavy atom. The van der Waals surface area contributed by atoms with Gasteiger partial charge in [0, 0.05) is 42.6 Å². The Morgan fingerprint density at radius 2 is 0.627 bits per heavy atom. The number of carbonyl (C=O) groups excluding carboxylic acids is 6. The van der Waals surface area contributed by atoms with Crippen LogP contribution in [0.15, 0.2) is 164 Å². The smallest absolute Gasteiger partial charge is 0.475 e. The van der Waals surface area contributed by atoms with Crippen molar-refractivity contribution in [3.05, 3.63) is 197 Å². The molecule has 6 amide bonds. The Balaban J connectivity index is 0.00000169. The molecule has 83 heavy (non-hydrogen) atoms. The Kier molecular flexibility index (Phi) is 27.1. The third kappa shape index (κ3) is 24.5. The number of alkyl halides is 3. The fourth-order valence-electron chi connectivity index (χ4n) is 8.63. The number of hydrogen-bond acceptors (Lipinski definition) is 10. The first-order valence-electron chi connectivity index (χ1n) is 27.6. The van der Waals surface area contributed by atoms with Crippen LogP contribution in [-0.4, -0.2) is 90.5 Å². The quantitative estimate of drug-likeness (QED) is 0.0153. The van der Waals surface area contributed by atoms with Gasteiger partial charge in [-0.05, 0) is 128 Å². The molecule has 0 heterocycles. The number of nitrogens with two attached hydrogens (primary N) is 3. The van der Waals surface area contributed by atoms with Crippen LogP contribution in [-0.2, 0) is 52.8 Å². The van der Waals surface area contributed by atoms with Gasteiger partial charge in [-0.2, -0.15) is 13.2 Å². The van der Waals surface area contributed by atoms with E-state index in [-0.39, 0.29) is 41.4 Å². The van der Waals surface area contributed by atoms with Gasteiger partial charge < -0.3 is 54.2 Å². The first-order valence-corrected chi connectivity index (χ1v) is 27.6. The number of benzene rings is 6. The maximum absolute atomic E-state index is 13.1. The number of halogens is 3. The van der Waals surface area contributed by atoms with E-state index in [1.165, 1.54) is 0 Å². The highest BCUT2D eigenvalue weighted by atomic mass is 19.4. The maximum Gasteiger partial charge on any atom is 0.490 e. The molecule has 0 saturated carbocycles. The number of hydrogen-bond donors (Lipinski definition) is 10. The lowest BCUT2D eigenvalue weighted by Gasteiger charge is -2.21. The molecular weight excluding hydrogens is 1070 g/mol. The third-order valence-corrected chi connectivity index (χ3v) is 13.2. The van der Waals surface area contributed by atoms with Crippen molar-refractivity contribution in [2.75, 3.05) is 35.6 Å². The van der Waals surface area contributed by atoms with Crippen molar-refractivity contribution in [1.82, 2.24) is 16.0 Å². The summed E-state index contributed by atoms with van der Waals surface area (Å²) in [7, 11) is 0. The van der Waals surface area contributed by atoms with E-state index in [0.717, 1.165) is 33.4 Å². The van der Waals surface area contributed by atoms with Crippen LogP contribution in [0, 0.1) is 0 Å². The molecule has 0 saturated heterocycles. The summed E-state index contributed by atoms with van der Waals surface area (Å²) in [6.07, 6.45) is 1.32. The van der Waals surface area contributed by atoms with E-state index in [0.29, 0.717) is 114 Å². The average molecular weight is 1140 g/mol. The summed E-state index contributed by atoms with van der Waals surface area (Å²) < 4.78 is 31.7. The number of unbranched alkanes of at least 4 members (excludes halogenated alkanes) is 3. The van der Waals surface area contributed by atoms with Crippen molar-refractivity contribution < 1.29 is 51.8 Å². The van der Waals surface area contributed by atoms with E-state index in [4.69, 9.17) is 27.1 Å². The Labute approximate surface area is 481 Å². The number of amides is 6. The highest BCUT2D eigenvalue weighted by molar-refractivity contribution is 5.96. The molecule has 13 N–H and O–H groups in total. The van der Waals surface area contributed by atoms with Gasteiger partial charge in [-0.3, -0.25) is 28.8 Å². The molecule has 0 aliphatic rings. The fraction of sp³-hybridized carbons (Fsp3) is 0.317. The molecule has 0 aliphatic heterocycles. The average Bonchev–Trinajstić information content (AvgIpc) is 3.63. The Bertz CT molecular complexity index is 2670. The topological polar surface area (TPSA) is 290 Å². The monoisotopic (exact) mass is 1140 g/mol. The largest absolute Gasteiger partial charge is 0.490 e. The first kappa shape index (κ1) is 65.1. The van der Waals surface area contributed by atoms with E-state index in [1.54, 1.807) is 0 Å². The number of nitrogens with one attached hydrogen (secondary N) is 6. The van der Waals surface area contributed by atoms with Gasteiger partial charge in [0.1, 0.15) is 0 Å². The van der Waals surface area contributed by atoms with Gasteiger partial charge in [0.25, 0.3) is 0 Å². The highest BCUT2D eigenvalue weighted by Gasteiger charge is 2.38.